The maximum absolute atomic E-state index is 11.2. The van der Waals surface area contributed by atoms with Crippen molar-refractivity contribution in [2.24, 2.45) is 10.7 Å². The average molecular weight is 218 g/mol. The molecule has 0 aliphatic heterocycles. The van der Waals surface area contributed by atoms with Crippen molar-refractivity contribution in [2.45, 2.75) is 0 Å². The van der Waals surface area contributed by atoms with Crippen LogP contribution in [0, 0.1) is 0 Å². The summed E-state index contributed by atoms with van der Waals surface area (Å²) >= 11 is 0. The minimum absolute atomic E-state index is 0.0172. The van der Waals surface area contributed by atoms with Gasteiger partial charge in [-0.1, -0.05) is 0 Å². The number of esters is 1. The summed E-state index contributed by atoms with van der Waals surface area (Å²) in [5, 5.41) is 17.7. The molecule has 7 nitrogen and oxygen atoms in total. The third kappa shape index (κ3) is 3.86. The fourth-order valence-electron chi connectivity index (χ4n) is 0.755. The van der Waals surface area contributed by atoms with Gasteiger partial charge in [-0.25, -0.2) is 4.79 Å². The molecule has 0 spiro atoms. The third-order valence-electron chi connectivity index (χ3n) is 1.44. The van der Waals surface area contributed by atoms with E-state index in [0.717, 1.165) is 14.2 Å². The zero-order valence-corrected chi connectivity index (χ0v) is 8.56. The highest BCUT2D eigenvalue weighted by atomic mass is 16.6. The molecule has 0 rings (SSSR count). The highest BCUT2D eigenvalue weighted by Crippen LogP contribution is 2.05. The van der Waals surface area contributed by atoms with E-state index in [0.29, 0.717) is 0 Å². The van der Waals surface area contributed by atoms with Crippen molar-refractivity contribution in [3.63, 3.8) is 0 Å². The summed E-state index contributed by atoms with van der Waals surface area (Å²) in [5.41, 5.74) is 5.03. The number of amidine groups is 1. The normalized spacial score (nSPS) is 13.1. The number of carbonyl (C=O) groups excluding carboxylic acids is 1. The number of methoxy groups -OCH3 is 2. The molecule has 4 N–H and O–H groups in total. The Morgan fingerprint density at radius 3 is 2.40 bits per heavy atom. The molecule has 0 saturated heterocycles. The van der Waals surface area contributed by atoms with Crippen LogP contribution in [0.2, 0.25) is 0 Å². The molecule has 0 aliphatic carbocycles. The van der Waals surface area contributed by atoms with E-state index in [1.54, 1.807) is 0 Å². The quantitative estimate of drug-likeness (QED) is 0.178. The Kier molecular flexibility index (Phi) is 5.88. The largest absolute Gasteiger partial charge is 0.480 e. The molecule has 7 heteroatoms. The van der Waals surface area contributed by atoms with E-state index in [2.05, 4.69) is 14.5 Å². The lowest BCUT2D eigenvalue weighted by Crippen LogP contribution is -2.25. The van der Waals surface area contributed by atoms with Gasteiger partial charge in [0.2, 0.25) is 0 Å². The van der Waals surface area contributed by atoms with E-state index < -0.39 is 11.9 Å². The van der Waals surface area contributed by atoms with Crippen LogP contribution in [-0.4, -0.2) is 49.4 Å². The van der Waals surface area contributed by atoms with Crippen LogP contribution >= 0.6 is 0 Å². The Labute approximate surface area is 86.8 Å². The fraction of sp³-hybridized carbons (Fsp3) is 0.500. The van der Waals surface area contributed by atoms with Crippen molar-refractivity contribution in [3.05, 3.63) is 11.5 Å². The topological polar surface area (TPSA) is 114 Å². The SMILES string of the molecule is COC(=O)C(C(N)=NCCO)=C(O)OC. The molecule has 0 aliphatic rings. The Morgan fingerprint density at radius 2 is 2.00 bits per heavy atom. The molecule has 15 heavy (non-hydrogen) atoms. The smallest absolute Gasteiger partial charge is 0.348 e. The van der Waals surface area contributed by atoms with Crippen LogP contribution in [0.25, 0.3) is 0 Å². The third-order valence-corrected chi connectivity index (χ3v) is 1.44. The first-order valence-corrected chi connectivity index (χ1v) is 4.05. The molecule has 0 heterocycles. The lowest BCUT2D eigenvalue weighted by molar-refractivity contribution is -0.136. The second-order valence-electron chi connectivity index (χ2n) is 2.37. The van der Waals surface area contributed by atoms with E-state index in [1.807, 2.05) is 0 Å². The molecule has 0 amide bonds. The summed E-state index contributed by atoms with van der Waals surface area (Å²) in [4.78, 5) is 14.8. The van der Waals surface area contributed by atoms with Gasteiger partial charge in [0, 0.05) is 0 Å². The van der Waals surface area contributed by atoms with Gasteiger partial charge in [-0.05, 0) is 0 Å². The van der Waals surface area contributed by atoms with E-state index in [1.165, 1.54) is 0 Å². The van der Waals surface area contributed by atoms with Gasteiger partial charge in [-0.2, -0.15) is 0 Å². The number of rotatable bonds is 5. The molecule has 86 valence electrons. The Bertz CT molecular complexity index is 285. The predicted octanol–water partition coefficient (Wildman–Crippen LogP) is -1.08. The Balaban J connectivity index is 5.04. The van der Waals surface area contributed by atoms with Gasteiger partial charge in [0.15, 0.2) is 5.57 Å². The van der Waals surface area contributed by atoms with Gasteiger partial charge in [-0.15, -0.1) is 0 Å². The predicted molar refractivity (Wildman–Crippen MR) is 52.3 cm³/mol. The van der Waals surface area contributed by atoms with E-state index >= 15 is 0 Å². The van der Waals surface area contributed by atoms with Crippen molar-refractivity contribution in [1.82, 2.24) is 0 Å². The highest BCUT2D eigenvalue weighted by Gasteiger charge is 2.21. The molecule has 0 aromatic heterocycles. The molecule has 0 unspecified atom stereocenters. The van der Waals surface area contributed by atoms with E-state index in [4.69, 9.17) is 10.8 Å². The number of ether oxygens (including phenoxy) is 2. The van der Waals surface area contributed by atoms with E-state index in [-0.39, 0.29) is 24.6 Å². The lowest BCUT2D eigenvalue weighted by Gasteiger charge is -2.06. The van der Waals surface area contributed by atoms with Crippen LogP contribution in [0.5, 0.6) is 0 Å². The summed E-state index contributed by atoms with van der Waals surface area (Å²) in [6.45, 7) is -0.202. The zero-order valence-electron chi connectivity index (χ0n) is 8.56. The summed E-state index contributed by atoms with van der Waals surface area (Å²) in [6, 6.07) is 0. The van der Waals surface area contributed by atoms with Gasteiger partial charge in [-0.3, -0.25) is 4.99 Å². The number of nitrogens with zero attached hydrogens (tertiary/aromatic N) is 1. The average Bonchev–Trinajstić information content (AvgIpc) is 2.25. The molecular weight excluding hydrogens is 204 g/mol. The van der Waals surface area contributed by atoms with Gasteiger partial charge in [0.25, 0.3) is 5.95 Å². The second-order valence-corrected chi connectivity index (χ2v) is 2.37. The van der Waals surface area contributed by atoms with Crippen molar-refractivity contribution in [3.8, 4) is 0 Å². The van der Waals surface area contributed by atoms with Crippen LogP contribution in [0.3, 0.4) is 0 Å². The number of nitrogens with two attached hydrogens (primary N) is 1. The highest BCUT2D eigenvalue weighted by molar-refractivity contribution is 6.18. The first-order chi connectivity index (χ1) is 7.08. The zero-order chi connectivity index (χ0) is 11.8. The first kappa shape index (κ1) is 13.2. The number of hydrogen-bond donors (Lipinski definition) is 3. The number of carbonyl (C=O) groups is 1. The molecule has 0 aromatic carbocycles. The van der Waals surface area contributed by atoms with Gasteiger partial charge in [0.05, 0.1) is 27.4 Å². The molecule has 0 radical (unpaired) electrons. The van der Waals surface area contributed by atoms with Gasteiger partial charge >= 0.3 is 5.97 Å². The minimum atomic E-state index is -0.867. The van der Waals surface area contributed by atoms with Crippen molar-refractivity contribution >= 4 is 11.8 Å². The standard InChI is InChI=1S/C8H14N2O5/c1-14-7(12)5(8(13)15-2)6(9)10-3-4-11/h11-12H,3-4H2,1-2H3,(H2,9,10). The Hall–Kier alpha value is -1.76. The monoisotopic (exact) mass is 218 g/mol. The van der Waals surface area contributed by atoms with Crippen LogP contribution < -0.4 is 5.73 Å². The lowest BCUT2D eigenvalue weighted by atomic mass is 10.2. The van der Waals surface area contributed by atoms with Gasteiger partial charge < -0.3 is 25.4 Å². The second kappa shape index (κ2) is 6.66. The minimum Gasteiger partial charge on any atom is -0.480 e. The molecule has 0 fully saturated rings. The van der Waals surface area contributed by atoms with E-state index in [9.17, 15) is 9.90 Å². The molecule has 0 bridgehead atoms. The van der Waals surface area contributed by atoms with Crippen molar-refractivity contribution in [1.29, 1.82) is 0 Å². The number of aliphatic hydroxyl groups excluding tert-OH is 2. The molecule has 0 aromatic rings. The summed E-state index contributed by atoms with van der Waals surface area (Å²) < 4.78 is 8.82. The van der Waals surface area contributed by atoms with Crippen LogP contribution in [0.4, 0.5) is 0 Å². The number of aliphatic hydroxyl groups is 2. The molecular formula is C8H14N2O5. The fourth-order valence-corrected chi connectivity index (χ4v) is 0.755. The van der Waals surface area contributed by atoms with Crippen LogP contribution in [0.1, 0.15) is 0 Å². The number of hydrogen-bond acceptors (Lipinski definition) is 6. The van der Waals surface area contributed by atoms with Crippen LogP contribution in [0.15, 0.2) is 16.5 Å². The first-order valence-electron chi connectivity index (χ1n) is 4.05. The van der Waals surface area contributed by atoms with Crippen LogP contribution in [-0.2, 0) is 14.3 Å². The summed E-state index contributed by atoms with van der Waals surface area (Å²) in [7, 11) is 2.29. The molecule has 0 atom stereocenters. The maximum atomic E-state index is 11.2. The van der Waals surface area contributed by atoms with Gasteiger partial charge in [0.1, 0.15) is 5.84 Å². The summed E-state index contributed by atoms with van der Waals surface area (Å²) in [6.07, 6.45) is 0. The number of aliphatic imine (C=N–C) groups is 1. The molecule has 0 saturated carbocycles. The Morgan fingerprint density at radius 1 is 1.40 bits per heavy atom. The summed E-state index contributed by atoms with van der Waals surface area (Å²) in [5.74, 6) is -1.80. The van der Waals surface area contributed by atoms with Crippen molar-refractivity contribution < 1.29 is 24.5 Å². The van der Waals surface area contributed by atoms with Crippen molar-refractivity contribution in [2.75, 3.05) is 27.4 Å². The maximum Gasteiger partial charge on any atom is 0.348 e.